The Morgan fingerprint density at radius 2 is 1.38 bits per heavy atom. The fourth-order valence-corrected chi connectivity index (χ4v) is 6.19. The quantitative estimate of drug-likeness (QED) is 0.222. The standard InChI is InChI=1S/C37H34N2/c1-37(27-28-20-22-30(23-21-28)29-13-5-3-6-14-29)35(19-11-12-26-38-32-16-7-4-8-17-32)39(2)34-25-24-31-15-9-10-18-33(31)36(34)37/h3-26,35,38H,27H2,1-2H3/b19-11+,26-12+. The van der Waals surface area contributed by atoms with Crippen LogP contribution in [0.1, 0.15) is 18.1 Å². The number of hydrogen-bond acceptors (Lipinski definition) is 2. The van der Waals surface area contributed by atoms with E-state index in [4.69, 9.17) is 0 Å². The van der Waals surface area contributed by atoms with Crippen molar-refractivity contribution >= 4 is 22.1 Å². The van der Waals surface area contributed by atoms with Crippen LogP contribution < -0.4 is 10.2 Å². The van der Waals surface area contributed by atoms with Crippen LogP contribution in [0.3, 0.4) is 0 Å². The molecule has 2 nitrogen and oxygen atoms in total. The van der Waals surface area contributed by atoms with Gasteiger partial charge in [-0.1, -0.05) is 122 Å². The van der Waals surface area contributed by atoms with Crippen molar-refractivity contribution in [2.75, 3.05) is 17.3 Å². The maximum absolute atomic E-state index is 3.36. The third kappa shape index (κ3) is 4.86. The summed E-state index contributed by atoms with van der Waals surface area (Å²) in [5, 5.41) is 6.00. The Morgan fingerprint density at radius 3 is 2.15 bits per heavy atom. The summed E-state index contributed by atoms with van der Waals surface area (Å²) in [5.74, 6) is 0. The Kier molecular flexibility index (Phi) is 6.77. The summed E-state index contributed by atoms with van der Waals surface area (Å²) in [6.07, 6.45) is 9.59. The van der Waals surface area contributed by atoms with E-state index in [9.17, 15) is 0 Å². The summed E-state index contributed by atoms with van der Waals surface area (Å²) in [5.41, 5.74) is 7.61. The lowest BCUT2D eigenvalue weighted by molar-refractivity contribution is 0.441. The van der Waals surface area contributed by atoms with Crippen LogP contribution in [0, 0.1) is 0 Å². The molecule has 39 heavy (non-hydrogen) atoms. The fraction of sp³-hybridized carbons (Fsp3) is 0.135. The Morgan fingerprint density at radius 1 is 0.718 bits per heavy atom. The van der Waals surface area contributed by atoms with Gasteiger partial charge in [0.25, 0.3) is 0 Å². The van der Waals surface area contributed by atoms with Gasteiger partial charge in [0.2, 0.25) is 0 Å². The van der Waals surface area contributed by atoms with Crippen LogP contribution in [-0.4, -0.2) is 13.1 Å². The molecule has 0 amide bonds. The van der Waals surface area contributed by atoms with Gasteiger partial charge in [-0.15, -0.1) is 0 Å². The predicted octanol–water partition coefficient (Wildman–Crippen LogP) is 9.01. The first-order valence-electron chi connectivity index (χ1n) is 13.7. The topological polar surface area (TPSA) is 15.3 Å². The largest absolute Gasteiger partial charge is 0.367 e. The van der Waals surface area contributed by atoms with E-state index in [1.165, 1.54) is 38.7 Å². The predicted molar refractivity (Wildman–Crippen MR) is 167 cm³/mol. The number of rotatable bonds is 7. The minimum atomic E-state index is -0.101. The number of anilines is 2. The first-order valence-corrected chi connectivity index (χ1v) is 13.7. The summed E-state index contributed by atoms with van der Waals surface area (Å²) < 4.78 is 0. The molecule has 1 aliphatic rings. The van der Waals surface area contributed by atoms with E-state index in [0.29, 0.717) is 0 Å². The van der Waals surface area contributed by atoms with Crippen LogP contribution in [0.15, 0.2) is 146 Å². The number of likely N-dealkylation sites (N-methyl/N-ethyl adjacent to an activating group) is 1. The Bertz CT molecular complexity index is 1620. The molecule has 1 N–H and O–H groups in total. The molecule has 0 aromatic heterocycles. The molecule has 2 atom stereocenters. The first kappa shape index (κ1) is 24.8. The molecule has 192 valence electrons. The molecule has 5 aromatic carbocycles. The van der Waals surface area contributed by atoms with Gasteiger partial charge in [0.15, 0.2) is 0 Å². The number of allylic oxidation sites excluding steroid dienone is 2. The minimum absolute atomic E-state index is 0.101. The minimum Gasteiger partial charge on any atom is -0.367 e. The smallest absolute Gasteiger partial charge is 0.0571 e. The van der Waals surface area contributed by atoms with Crippen molar-refractivity contribution in [3.63, 3.8) is 0 Å². The van der Waals surface area contributed by atoms with Gasteiger partial charge in [0.05, 0.1) is 6.04 Å². The van der Waals surface area contributed by atoms with E-state index in [1.54, 1.807) is 0 Å². The maximum Gasteiger partial charge on any atom is 0.0571 e. The van der Waals surface area contributed by atoms with Crippen molar-refractivity contribution in [3.05, 3.63) is 157 Å². The first-order chi connectivity index (χ1) is 19.1. The highest BCUT2D eigenvalue weighted by Crippen LogP contribution is 2.50. The van der Waals surface area contributed by atoms with Crippen LogP contribution in [0.4, 0.5) is 11.4 Å². The normalized spacial score (nSPS) is 18.7. The van der Waals surface area contributed by atoms with Gasteiger partial charge in [-0.05, 0) is 63.7 Å². The molecule has 5 aromatic rings. The second-order valence-corrected chi connectivity index (χ2v) is 10.6. The molecule has 1 aliphatic heterocycles. The number of nitrogens with one attached hydrogen (secondary N) is 1. The summed E-state index contributed by atoms with van der Waals surface area (Å²) in [6, 6.07) is 43.6. The highest BCUT2D eigenvalue weighted by atomic mass is 15.2. The Hall–Kier alpha value is -4.56. The molecule has 0 radical (unpaired) electrons. The maximum atomic E-state index is 3.36. The van der Waals surface area contributed by atoms with Crippen LogP contribution >= 0.6 is 0 Å². The van der Waals surface area contributed by atoms with Crippen LogP contribution in [0.25, 0.3) is 21.9 Å². The zero-order valence-electron chi connectivity index (χ0n) is 22.6. The third-order valence-electron chi connectivity index (χ3n) is 8.09. The number of para-hydroxylation sites is 1. The third-order valence-corrected chi connectivity index (χ3v) is 8.09. The van der Waals surface area contributed by atoms with E-state index < -0.39 is 0 Å². The number of hydrogen-bond donors (Lipinski definition) is 1. The van der Waals surface area contributed by atoms with Gasteiger partial charge < -0.3 is 10.2 Å². The van der Waals surface area contributed by atoms with Crippen molar-refractivity contribution in [1.29, 1.82) is 0 Å². The number of nitrogens with zero attached hydrogens (tertiary/aromatic N) is 1. The molecule has 0 saturated heterocycles. The summed E-state index contributed by atoms with van der Waals surface area (Å²) in [7, 11) is 2.23. The lowest BCUT2D eigenvalue weighted by Crippen LogP contribution is -2.41. The highest BCUT2D eigenvalue weighted by Gasteiger charge is 2.46. The lowest BCUT2D eigenvalue weighted by atomic mass is 9.72. The van der Waals surface area contributed by atoms with Crippen molar-refractivity contribution < 1.29 is 0 Å². The molecular formula is C37H34N2. The molecule has 0 aliphatic carbocycles. The van der Waals surface area contributed by atoms with Gasteiger partial charge in [-0.3, -0.25) is 0 Å². The molecular weight excluding hydrogens is 472 g/mol. The molecule has 2 unspecified atom stereocenters. The summed E-state index contributed by atoms with van der Waals surface area (Å²) >= 11 is 0. The van der Waals surface area contributed by atoms with Crippen LogP contribution in [0.5, 0.6) is 0 Å². The van der Waals surface area contributed by atoms with Crippen molar-refractivity contribution in [1.82, 2.24) is 0 Å². The average Bonchev–Trinajstić information content (AvgIpc) is 3.20. The lowest BCUT2D eigenvalue weighted by Gasteiger charge is -2.34. The molecule has 0 spiro atoms. The fourth-order valence-electron chi connectivity index (χ4n) is 6.19. The molecule has 0 saturated carbocycles. The monoisotopic (exact) mass is 506 g/mol. The van der Waals surface area contributed by atoms with Gasteiger partial charge in [-0.25, -0.2) is 0 Å². The van der Waals surface area contributed by atoms with Crippen molar-refractivity contribution in [2.24, 2.45) is 0 Å². The highest BCUT2D eigenvalue weighted by molar-refractivity contribution is 5.93. The van der Waals surface area contributed by atoms with E-state index in [1.807, 2.05) is 24.4 Å². The zero-order valence-corrected chi connectivity index (χ0v) is 22.6. The zero-order chi connectivity index (χ0) is 26.7. The Labute approximate surface area is 231 Å². The van der Waals surface area contributed by atoms with Gasteiger partial charge in [0.1, 0.15) is 0 Å². The van der Waals surface area contributed by atoms with E-state index in [-0.39, 0.29) is 11.5 Å². The number of fused-ring (bicyclic) bond motifs is 3. The molecule has 1 heterocycles. The average molecular weight is 507 g/mol. The van der Waals surface area contributed by atoms with E-state index in [0.717, 1.165) is 12.1 Å². The van der Waals surface area contributed by atoms with Gasteiger partial charge >= 0.3 is 0 Å². The van der Waals surface area contributed by atoms with Crippen LogP contribution in [0.2, 0.25) is 0 Å². The van der Waals surface area contributed by atoms with Crippen LogP contribution in [-0.2, 0) is 11.8 Å². The SMILES string of the molecule is CN1c2ccc3ccccc3c2C(C)(Cc2ccc(-c3ccccc3)cc2)C1/C=C/C=C/Nc1ccccc1. The van der Waals surface area contributed by atoms with Crippen molar-refractivity contribution in [3.8, 4) is 11.1 Å². The van der Waals surface area contributed by atoms with E-state index >= 15 is 0 Å². The molecule has 6 rings (SSSR count). The van der Waals surface area contributed by atoms with Gasteiger partial charge in [-0.2, -0.15) is 0 Å². The number of benzene rings is 5. The summed E-state index contributed by atoms with van der Waals surface area (Å²) in [6.45, 7) is 2.44. The van der Waals surface area contributed by atoms with Crippen molar-refractivity contribution in [2.45, 2.75) is 24.8 Å². The molecule has 2 heteroatoms. The van der Waals surface area contributed by atoms with E-state index in [2.05, 4.69) is 146 Å². The Balaban J connectivity index is 1.34. The molecule has 0 fully saturated rings. The van der Waals surface area contributed by atoms with Gasteiger partial charge in [0, 0.05) is 30.0 Å². The second kappa shape index (κ2) is 10.7. The molecule has 0 bridgehead atoms. The second-order valence-electron chi connectivity index (χ2n) is 10.6. The summed E-state index contributed by atoms with van der Waals surface area (Å²) in [4.78, 5) is 2.45.